The summed E-state index contributed by atoms with van der Waals surface area (Å²) in [5, 5.41) is 4.29. The molecule has 90 valence electrons. The lowest BCUT2D eigenvalue weighted by atomic mass is 9.93. The fraction of sp³-hybridized carbons (Fsp3) is 0.364. The van der Waals surface area contributed by atoms with E-state index in [1.165, 1.54) is 7.11 Å². The van der Waals surface area contributed by atoms with Crippen molar-refractivity contribution >= 4 is 27.5 Å². The monoisotopic (exact) mass is 297 g/mol. The summed E-state index contributed by atoms with van der Waals surface area (Å²) >= 11 is 3.35. The summed E-state index contributed by atoms with van der Waals surface area (Å²) in [5.74, 6) is 0.0925. The number of rotatable bonds is 2. The van der Waals surface area contributed by atoms with E-state index in [4.69, 9.17) is 4.74 Å². The van der Waals surface area contributed by atoms with Gasteiger partial charge in [0.25, 0.3) is 0 Å². The highest BCUT2D eigenvalue weighted by atomic mass is 79.9. The van der Waals surface area contributed by atoms with Crippen LogP contribution in [0.4, 0.5) is 0 Å². The quantitative estimate of drug-likeness (QED) is 0.795. The molecule has 0 aliphatic heterocycles. The smallest absolute Gasteiger partial charge is 0.319 e. The van der Waals surface area contributed by atoms with Gasteiger partial charge in [0.1, 0.15) is 5.41 Å². The molecule has 0 fully saturated rings. The summed E-state index contributed by atoms with van der Waals surface area (Å²) < 4.78 is 7.28. The van der Waals surface area contributed by atoms with Gasteiger partial charge in [0, 0.05) is 10.7 Å². The minimum atomic E-state index is -0.854. The summed E-state index contributed by atoms with van der Waals surface area (Å²) in [6, 6.07) is 3.70. The molecule has 17 heavy (non-hydrogen) atoms. The van der Waals surface area contributed by atoms with Crippen LogP contribution in [0.5, 0.6) is 0 Å². The molecule has 0 saturated carbocycles. The van der Waals surface area contributed by atoms with Crippen molar-refractivity contribution in [1.82, 2.24) is 14.6 Å². The zero-order valence-electron chi connectivity index (χ0n) is 9.77. The van der Waals surface area contributed by atoms with E-state index in [1.54, 1.807) is 24.6 Å². The first-order chi connectivity index (χ1) is 7.95. The Morgan fingerprint density at radius 3 is 2.82 bits per heavy atom. The van der Waals surface area contributed by atoms with E-state index in [9.17, 15) is 4.79 Å². The first kappa shape index (κ1) is 12.0. The number of hydrogen-bond donors (Lipinski definition) is 0. The van der Waals surface area contributed by atoms with Gasteiger partial charge < -0.3 is 4.74 Å². The van der Waals surface area contributed by atoms with Crippen LogP contribution < -0.4 is 0 Å². The minimum absolute atomic E-state index is 0.354. The molecule has 0 saturated heterocycles. The maximum atomic E-state index is 11.7. The Morgan fingerprint density at radius 1 is 1.47 bits per heavy atom. The Morgan fingerprint density at radius 2 is 2.18 bits per heavy atom. The van der Waals surface area contributed by atoms with Crippen LogP contribution in [0, 0.1) is 0 Å². The standard InChI is InChI=1S/C11H12BrN3O2/c1-11(2,10(16)17-3)9-13-8-5-4-7(12)6-15(8)14-9/h4-6H,1-3H3. The molecule has 2 aromatic heterocycles. The predicted octanol–water partition coefficient (Wildman–Crippen LogP) is 1.94. The van der Waals surface area contributed by atoms with Gasteiger partial charge in [0.05, 0.1) is 7.11 Å². The van der Waals surface area contributed by atoms with Gasteiger partial charge in [-0.15, -0.1) is 0 Å². The zero-order chi connectivity index (χ0) is 12.6. The molecule has 0 aliphatic rings. The molecule has 2 heterocycles. The third-order valence-corrected chi connectivity index (χ3v) is 3.02. The molecule has 0 amide bonds. The average molecular weight is 298 g/mol. The summed E-state index contributed by atoms with van der Waals surface area (Å²) in [5.41, 5.74) is -0.159. The van der Waals surface area contributed by atoms with Crippen LogP contribution in [-0.4, -0.2) is 27.7 Å². The van der Waals surface area contributed by atoms with Gasteiger partial charge >= 0.3 is 5.97 Å². The number of carbonyl (C=O) groups excluding carboxylic acids is 1. The number of halogens is 1. The fourth-order valence-electron chi connectivity index (χ4n) is 1.47. The fourth-order valence-corrected chi connectivity index (χ4v) is 1.80. The normalized spacial score (nSPS) is 11.8. The van der Waals surface area contributed by atoms with Crippen molar-refractivity contribution in [2.45, 2.75) is 19.3 Å². The number of carbonyl (C=O) groups is 1. The maximum Gasteiger partial charge on any atom is 0.319 e. The first-order valence-electron chi connectivity index (χ1n) is 5.06. The minimum Gasteiger partial charge on any atom is -0.468 e. The van der Waals surface area contributed by atoms with Gasteiger partial charge in [-0.2, -0.15) is 5.10 Å². The molecule has 0 spiro atoms. The van der Waals surface area contributed by atoms with Crippen molar-refractivity contribution in [2.75, 3.05) is 7.11 Å². The number of pyridine rings is 1. The first-order valence-corrected chi connectivity index (χ1v) is 5.85. The Hall–Kier alpha value is -1.43. The van der Waals surface area contributed by atoms with Gasteiger partial charge in [0.2, 0.25) is 0 Å². The van der Waals surface area contributed by atoms with Crippen LogP contribution in [0.1, 0.15) is 19.7 Å². The van der Waals surface area contributed by atoms with Crippen LogP contribution >= 0.6 is 15.9 Å². The van der Waals surface area contributed by atoms with E-state index in [1.807, 2.05) is 12.1 Å². The third-order valence-electron chi connectivity index (χ3n) is 2.55. The van der Waals surface area contributed by atoms with Crippen molar-refractivity contribution in [3.63, 3.8) is 0 Å². The Balaban J connectivity index is 2.53. The molecule has 0 aromatic carbocycles. The molecule has 0 radical (unpaired) electrons. The summed E-state index contributed by atoms with van der Waals surface area (Å²) in [7, 11) is 1.36. The molecule has 0 N–H and O–H groups in total. The molecule has 5 nitrogen and oxygen atoms in total. The number of fused-ring (bicyclic) bond motifs is 1. The molecular weight excluding hydrogens is 286 g/mol. The van der Waals surface area contributed by atoms with E-state index in [-0.39, 0.29) is 5.97 Å². The number of aromatic nitrogens is 3. The van der Waals surface area contributed by atoms with Crippen molar-refractivity contribution in [3.05, 3.63) is 28.6 Å². The van der Waals surface area contributed by atoms with Crippen LogP contribution in [0.2, 0.25) is 0 Å². The van der Waals surface area contributed by atoms with Crippen LogP contribution in [-0.2, 0) is 14.9 Å². The van der Waals surface area contributed by atoms with Gasteiger partial charge in [-0.05, 0) is 41.9 Å². The van der Waals surface area contributed by atoms with E-state index in [0.29, 0.717) is 11.5 Å². The highest BCUT2D eigenvalue weighted by Gasteiger charge is 2.35. The number of hydrogen-bond acceptors (Lipinski definition) is 4. The zero-order valence-corrected chi connectivity index (χ0v) is 11.4. The van der Waals surface area contributed by atoms with Gasteiger partial charge in [-0.3, -0.25) is 4.79 Å². The highest BCUT2D eigenvalue weighted by molar-refractivity contribution is 9.10. The van der Waals surface area contributed by atoms with Crippen molar-refractivity contribution in [3.8, 4) is 0 Å². The van der Waals surface area contributed by atoms with Crippen molar-refractivity contribution < 1.29 is 9.53 Å². The van der Waals surface area contributed by atoms with E-state index < -0.39 is 5.41 Å². The molecule has 2 rings (SSSR count). The largest absolute Gasteiger partial charge is 0.468 e. The Kier molecular flexibility index (Phi) is 2.91. The Bertz CT molecular complexity index is 577. The van der Waals surface area contributed by atoms with E-state index >= 15 is 0 Å². The van der Waals surface area contributed by atoms with Crippen molar-refractivity contribution in [1.29, 1.82) is 0 Å². The average Bonchev–Trinajstić information content (AvgIpc) is 2.71. The lowest BCUT2D eigenvalue weighted by Gasteiger charge is -2.16. The summed E-state index contributed by atoms with van der Waals surface area (Å²) in [6.07, 6.45) is 1.79. The third kappa shape index (κ3) is 2.04. The molecule has 6 heteroatoms. The van der Waals surface area contributed by atoms with Crippen LogP contribution in [0.25, 0.3) is 5.65 Å². The lowest BCUT2D eigenvalue weighted by Crippen LogP contribution is -2.31. The topological polar surface area (TPSA) is 56.5 Å². The predicted molar refractivity (Wildman–Crippen MR) is 65.7 cm³/mol. The SMILES string of the molecule is COC(=O)C(C)(C)c1nc2ccc(Br)cn2n1. The number of ether oxygens (including phenoxy) is 1. The second kappa shape index (κ2) is 4.10. The van der Waals surface area contributed by atoms with Gasteiger partial charge in [-0.1, -0.05) is 0 Å². The molecule has 0 unspecified atom stereocenters. The van der Waals surface area contributed by atoms with Crippen molar-refractivity contribution in [2.24, 2.45) is 0 Å². The second-order valence-electron chi connectivity index (χ2n) is 4.20. The molecule has 0 atom stereocenters. The number of methoxy groups -OCH3 is 1. The number of esters is 1. The second-order valence-corrected chi connectivity index (χ2v) is 5.12. The summed E-state index contributed by atoms with van der Waals surface area (Å²) in [4.78, 5) is 16.0. The van der Waals surface area contributed by atoms with Crippen LogP contribution in [0.15, 0.2) is 22.8 Å². The lowest BCUT2D eigenvalue weighted by molar-refractivity contribution is -0.146. The number of nitrogens with zero attached hydrogens (tertiary/aromatic N) is 3. The Labute approximate surface area is 107 Å². The summed E-state index contributed by atoms with van der Waals surface area (Å²) in [6.45, 7) is 3.48. The molecule has 0 bridgehead atoms. The van der Waals surface area contributed by atoms with Gasteiger partial charge in [0.15, 0.2) is 11.5 Å². The molecular formula is C11H12BrN3O2. The highest BCUT2D eigenvalue weighted by Crippen LogP contribution is 2.22. The van der Waals surface area contributed by atoms with Gasteiger partial charge in [-0.25, -0.2) is 9.50 Å². The molecule has 0 aliphatic carbocycles. The van der Waals surface area contributed by atoms with Crippen LogP contribution in [0.3, 0.4) is 0 Å². The van der Waals surface area contributed by atoms with E-state index in [0.717, 1.165) is 4.47 Å². The maximum absolute atomic E-state index is 11.7. The van der Waals surface area contributed by atoms with E-state index in [2.05, 4.69) is 26.0 Å². The molecule has 2 aromatic rings.